The standard InChI is InChI=1S/C15H18O2/c1-8(2)11-6-13-10(4)14(16)7-12(13)9(3)5-15(11)17/h7,9H,5-6H2,1-4H3/t9-/m1/s1. The number of rotatable bonds is 0. The number of carbonyl (C=O) groups excluding carboxylic acids is 2. The van der Waals surface area contributed by atoms with E-state index < -0.39 is 0 Å². The van der Waals surface area contributed by atoms with Gasteiger partial charge in [0.25, 0.3) is 0 Å². The Morgan fingerprint density at radius 2 is 1.94 bits per heavy atom. The van der Waals surface area contributed by atoms with Gasteiger partial charge in [0.05, 0.1) is 0 Å². The molecule has 0 bridgehead atoms. The van der Waals surface area contributed by atoms with Crippen molar-refractivity contribution in [2.24, 2.45) is 5.92 Å². The molecule has 0 heterocycles. The average Bonchev–Trinajstić information content (AvgIpc) is 2.44. The normalized spacial score (nSPS) is 24.8. The van der Waals surface area contributed by atoms with Gasteiger partial charge in [-0.05, 0) is 49.5 Å². The molecule has 1 fully saturated rings. The van der Waals surface area contributed by atoms with Crippen LogP contribution >= 0.6 is 0 Å². The Morgan fingerprint density at radius 3 is 2.53 bits per heavy atom. The van der Waals surface area contributed by atoms with Crippen molar-refractivity contribution in [3.63, 3.8) is 0 Å². The fourth-order valence-electron chi connectivity index (χ4n) is 2.62. The number of ketones is 2. The van der Waals surface area contributed by atoms with E-state index in [1.54, 1.807) is 6.08 Å². The maximum Gasteiger partial charge on any atom is 0.182 e. The van der Waals surface area contributed by atoms with Crippen LogP contribution in [0.25, 0.3) is 0 Å². The Kier molecular flexibility index (Phi) is 2.90. The molecule has 0 aliphatic heterocycles. The highest BCUT2D eigenvalue weighted by Crippen LogP contribution is 2.39. The summed E-state index contributed by atoms with van der Waals surface area (Å²) < 4.78 is 0. The molecule has 90 valence electrons. The Bertz CT molecular complexity index is 497. The van der Waals surface area contributed by atoms with Gasteiger partial charge in [-0.25, -0.2) is 0 Å². The minimum atomic E-state index is 0.115. The molecule has 0 radical (unpaired) electrons. The second-order valence-electron chi connectivity index (χ2n) is 5.25. The number of Topliss-reactive ketones (excluding diaryl/α,β-unsaturated/α-hetero) is 1. The number of carbonyl (C=O) groups is 2. The van der Waals surface area contributed by atoms with Gasteiger partial charge in [-0.1, -0.05) is 12.5 Å². The lowest BCUT2D eigenvalue weighted by molar-refractivity contribution is -0.116. The van der Waals surface area contributed by atoms with E-state index in [2.05, 4.69) is 0 Å². The first-order valence-corrected chi connectivity index (χ1v) is 6.07. The number of hydrogen-bond acceptors (Lipinski definition) is 2. The third kappa shape index (κ3) is 1.92. The first kappa shape index (κ1) is 12.0. The van der Waals surface area contributed by atoms with Gasteiger partial charge in [0.15, 0.2) is 11.6 Å². The van der Waals surface area contributed by atoms with Crippen molar-refractivity contribution in [2.45, 2.75) is 40.5 Å². The highest BCUT2D eigenvalue weighted by atomic mass is 16.1. The largest absolute Gasteiger partial charge is 0.295 e. The Morgan fingerprint density at radius 1 is 1.29 bits per heavy atom. The number of hydrogen-bond donors (Lipinski definition) is 0. The first-order valence-electron chi connectivity index (χ1n) is 6.07. The summed E-state index contributed by atoms with van der Waals surface area (Å²) in [5, 5.41) is 0. The van der Waals surface area contributed by atoms with Crippen molar-refractivity contribution < 1.29 is 9.59 Å². The monoisotopic (exact) mass is 230 g/mol. The van der Waals surface area contributed by atoms with E-state index in [0.29, 0.717) is 12.8 Å². The van der Waals surface area contributed by atoms with Crippen LogP contribution in [0, 0.1) is 5.92 Å². The lowest BCUT2D eigenvalue weighted by Crippen LogP contribution is -2.06. The van der Waals surface area contributed by atoms with E-state index in [9.17, 15) is 9.59 Å². The van der Waals surface area contributed by atoms with Crippen LogP contribution in [-0.4, -0.2) is 11.6 Å². The van der Waals surface area contributed by atoms with Gasteiger partial charge in [-0.15, -0.1) is 0 Å². The highest BCUT2D eigenvalue weighted by molar-refractivity contribution is 6.10. The summed E-state index contributed by atoms with van der Waals surface area (Å²) in [6, 6.07) is 0. The zero-order valence-electron chi connectivity index (χ0n) is 10.9. The lowest BCUT2D eigenvalue weighted by Gasteiger charge is -2.10. The van der Waals surface area contributed by atoms with Crippen molar-refractivity contribution in [2.75, 3.05) is 0 Å². The van der Waals surface area contributed by atoms with E-state index in [4.69, 9.17) is 0 Å². The molecule has 2 nitrogen and oxygen atoms in total. The summed E-state index contributed by atoms with van der Waals surface area (Å²) in [5.74, 6) is 0.514. The van der Waals surface area contributed by atoms with Crippen LogP contribution in [0.3, 0.4) is 0 Å². The number of allylic oxidation sites excluding steroid dienone is 6. The Labute approximate surface area is 102 Å². The fraction of sp³-hybridized carbons (Fsp3) is 0.467. The Hall–Kier alpha value is -1.44. The van der Waals surface area contributed by atoms with Crippen molar-refractivity contribution in [3.05, 3.63) is 33.9 Å². The van der Waals surface area contributed by atoms with Crippen LogP contribution in [0.5, 0.6) is 0 Å². The highest BCUT2D eigenvalue weighted by Gasteiger charge is 2.31. The maximum atomic E-state index is 12.1. The molecular weight excluding hydrogens is 212 g/mol. The second kappa shape index (κ2) is 4.10. The molecule has 0 aromatic rings. The van der Waals surface area contributed by atoms with Gasteiger partial charge in [-0.2, -0.15) is 0 Å². The van der Waals surface area contributed by atoms with Gasteiger partial charge < -0.3 is 0 Å². The van der Waals surface area contributed by atoms with E-state index in [0.717, 1.165) is 27.9 Å². The van der Waals surface area contributed by atoms with Crippen molar-refractivity contribution in [1.29, 1.82) is 0 Å². The van der Waals surface area contributed by atoms with E-state index in [1.807, 2.05) is 27.7 Å². The summed E-state index contributed by atoms with van der Waals surface area (Å²) in [5.41, 5.74) is 4.95. The fourth-order valence-corrected chi connectivity index (χ4v) is 2.62. The number of fused-ring (bicyclic) bond motifs is 1. The summed E-state index contributed by atoms with van der Waals surface area (Å²) >= 11 is 0. The van der Waals surface area contributed by atoms with E-state index >= 15 is 0 Å². The molecule has 0 aromatic heterocycles. The molecule has 0 unspecified atom stereocenters. The van der Waals surface area contributed by atoms with Crippen LogP contribution in [0.4, 0.5) is 0 Å². The van der Waals surface area contributed by atoms with Crippen molar-refractivity contribution >= 4 is 11.6 Å². The summed E-state index contributed by atoms with van der Waals surface area (Å²) in [6.45, 7) is 7.84. The molecule has 0 aromatic carbocycles. The minimum absolute atomic E-state index is 0.115. The first-order chi connectivity index (χ1) is 7.91. The van der Waals surface area contributed by atoms with Gasteiger partial charge >= 0.3 is 0 Å². The SMILES string of the molecule is CC(C)=C1CC2=C(C)C(=O)C=C2[C@H](C)CC1=O. The average molecular weight is 230 g/mol. The minimum Gasteiger partial charge on any atom is -0.295 e. The summed E-state index contributed by atoms with van der Waals surface area (Å²) in [4.78, 5) is 23.8. The van der Waals surface area contributed by atoms with Crippen LogP contribution in [-0.2, 0) is 9.59 Å². The van der Waals surface area contributed by atoms with Gasteiger partial charge in [0, 0.05) is 18.4 Å². The molecule has 2 heteroatoms. The van der Waals surface area contributed by atoms with Crippen molar-refractivity contribution in [3.8, 4) is 0 Å². The zero-order valence-corrected chi connectivity index (χ0v) is 10.9. The van der Waals surface area contributed by atoms with Gasteiger partial charge in [0.1, 0.15) is 0 Å². The molecule has 1 atom stereocenters. The smallest absolute Gasteiger partial charge is 0.182 e. The summed E-state index contributed by atoms with van der Waals surface area (Å²) in [6.07, 6.45) is 2.88. The van der Waals surface area contributed by atoms with Crippen molar-refractivity contribution in [1.82, 2.24) is 0 Å². The van der Waals surface area contributed by atoms with Crippen LogP contribution in [0.1, 0.15) is 40.5 Å². The van der Waals surface area contributed by atoms with Crippen LogP contribution in [0.2, 0.25) is 0 Å². The summed E-state index contributed by atoms with van der Waals surface area (Å²) in [7, 11) is 0. The van der Waals surface area contributed by atoms with Gasteiger partial charge in [0.2, 0.25) is 0 Å². The zero-order chi connectivity index (χ0) is 12.7. The third-order valence-corrected chi connectivity index (χ3v) is 3.77. The third-order valence-electron chi connectivity index (χ3n) is 3.77. The van der Waals surface area contributed by atoms with Crippen LogP contribution < -0.4 is 0 Å². The topological polar surface area (TPSA) is 34.1 Å². The molecule has 0 saturated heterocycles. The van der Waals surface area contributed by atoms with E-state index in [1.165, 1.54) is 0 Å². The van der Waals surface area contributed by atoms with E-state index in [-0.39, 0.29) is 17.5 Å². The molecule has 2 aliphatic rings. The molecule has 2 aliphatic carbocycles. The van der Waals surface area contributed by atoms with Crippen LogP contribution in [0.15, 0.2) is 33.9 Å². The lowest BCUT2D eigenvalue weighted by atomic mass is 9.94. The quantitative estimate of drug-likeness (QED) is 0.599. The second-order valence-corrected chi connectivity index (χ2v) is 5.25. The molecular formula is C15H18O2. The predicted octanol–water partition coefficient (Wildman–Crippen LogP) is 3.15. The maximum absolute atomic E-state index is 12.1. The molecule has 1 saturated carbocycles. The molecule has 0 N–H and O–H groups in total. The molecule has 0 amide bonds. The Balaban J connectivity index is 2.54. The molecule has 2 rings (SSSR count). The predicted molar refractivity (Wildman–Crippen MR) is 67.6 cm³/mol. The molecule has 17 heavy (non-hydrogen) atoms. The van der Waals surface area contributed by atoms with Gasteiger partial charge in [-0.3, -0.25) is 9.59 Å². The molecule has 0 spiro atoms.